The van der Waals surface area contributed by atoms with Gasteiger partial charge in [0.1, 0.15) is 17.1 Å². The molecule has 0 bridgehead atoms. The molecule has 10 heteroatoms. The number of rotatable bonds is 8. The number of nitrogens with one attached hydrogen (secondary N) is 1. The SMILES string of the molecule is COc1c(C)c(C(=O)c2ccc(NC3=CC(=O)N(CCO)C3=O)c(C(=O)[O-])c2)n2ccccc12. The van der Waals surface area contributed by atoms with Gasteiger partial charge in [-0.3, -0.25) is 19.3 Å². The summed E-state index contributed by atoms with van der Waals surface area (Å²) in [7, 11) is 1.50. The molecule has 0 saturated heterocycles. The Morgan fingerprint density at radius 2 is 1.94 bits per heavy atom. The number of fused-ring (bicyclic) bond motifs is 1. The van der Waals surface area contributed by atoms with Gasteiger partial charge in [0.15, 0.2) is 0 Å². The zero-order valence-electron chi connectivity index (χ0n) is 18.3. The molecule has 2 N–H and O–H groups in total. The summed E-state index contributed by atoms with van der Waals surface area (Å²) < 4.78 is 7.12. The van der Waals surface area contributed by atoms with Gasteiger partial charge < -0.3 is 29.5 Å². The lowest BCUT2D eigenvalue weighted by molar-refractivity contribution is -0.254. The van der Waals surface area contributed by atoms with E-state index in [1.807, 2.05) is 6.07 Å². The molecule has 0 atom stereocenters. The van der Waals surface area contributed by atoms with Crippen LogP contribution in [0.5, 0.6) is 5.75 Å². The van der Waals surface area contributed by atoms with Crippen LogP contribution in [0.25, 0.3) is 5.52 Å². The Kier molecular flexibility index (Phi) is 5.91. The van der Waals surface area contributed by atoms with Gasteiger partial charge in [0.05, 0.1) is 31.7 Å². The molecular formula is C24H20N3O7-. The zero-order chi connectivity index (χ0) is 24.6. The first-order valence-electron chi connectivity index (χ1n) is 10.3. The summed E-state index contributed by atoms with van der Waals surface area (Å²) in [6.45, 7) is 1.15. The molecule has 2 amide bonds. The number of hydrogen-bond acceptors (Lipinski definition) is 8. The maximum absolute atomic E-state index is 13.4. The van der Waals surface area contributed by atoms with Gasteiger partial charge in [-0.05, 0) is 37.3 Å². The van der Waals surface area contributed by atoms with E-state index in [1.54, 1.807) is 29.7 Å². The molecule has 1 aliphatic heterocycles. The largest absolute Gasteiger partial charge is 0.545 e. The lowest BCUT2D eigenvalue weighted by Crippen LogP contribution is -2.34. The third-order valence-electron chi connectivity index (χ3n) is 5.55. The maximum Gasteiger partial charge on any atom is 0.277 e. The number of pyridine rings is 1. The van der Waals surface area contributed by atoms with Crippen molar-refractivity contribution in [3.8, 4) is 5.75 Å². The monoisotopic (exact) mass is 462 g/mol. The van der Waals surface area contributed by atoms with E-state index in [2.05, 4.69) is 5.32 Å². The van der Waals surface area contributed by atoms with E-state index >= 15 is 0 Å². The number of aliphatic hydroxyl groups excluding tert-OH is 1. The Morgan fingerprint density at radius 3 is 2.62 bits per heavy atom. The van der Waals surface area contributed by atoms with Gasteiger partial charge >= 0.3 is 0 Å². The van der Waals surface area contributed by atoms with Crippen molar-refractivity contribution in [3.63, 3.8) is 0 Å². The molecule has 0 aliphatic carbocycles. The number of carboxylic acids is 1. The van der Waals surface area contributed by atoms with Crippen LogP contribution in [0, 0.1) is 6.92 Å². The van der Waals surface area contributed by atoms with E-state index in [1.165, 1.54) is 19.2 Å². The number of hydrogen-bond donors (Lipinski definition) is 2. The van der Waals surface area contributed by atoms with E-state index in [0.29, 0.717) is 22.5 Å². The number of carboxylic acid groups (broad SMARTS) is 1. The number of carbonyl (C=O) groups excluding carboxylic acids is 4. The first-order valence-corrected chi connectivity index (χ1v) is 10.3. The third kappa shape index (κ3) is 3.69. The molecule has 1 aliphatic rings. The minimum Gasteiger partial charge on any atom is -0.545 e. The van der Waals surface area contributed by atoms with E-state index in [0.717, 1.165) is 17.0 Å². The number of aliphatic hydroxyl groups is 1. The summed E-state index contributed by atoms with van der Waals surface area (Å²) in [6.07, 6.45) is 2.72. The Bertz CT molecular complexity index is 1390. The molecule has 0 radical (unpaired) electrons. The average molecular weight is 462 g/mol. The number of amides is 2. The molecule has 0 spiro atoms. The summed E-state index contributed by atoms with van der Waals surface area (Å²) in [4.78, 5) is 50.4. The molecule has 174 valence electrons. The summed E-state index contributed by atoms with van der Waals surface area (Å²) in [5.41, 5.74) is 1.15. The highest BCUT2D eigenvalue weighted by molar-refractivity contribution is 6.18. The number of benzene rings is 1. The molecule has 0 fully saturated rings. The minimum atomic E-state index is -1.57. The Labute approximate surface area is 193 Å². The number of carbonyl (C=O) groups is 4. The molecule has 2 aromatic heterocycles. The first kappa shape index (κ1) is 22.7. The molecule has 3 aromatic rings. The van der Waals surface area contributed by atoms with Crippen molar-refractivity contribution in [1.82, 2.24) is 9.30 Å². The second kappa shape index (κ2) is 8.83. The minimum absolute atomic E-state index is 0.0240. The normalized spacial score (nSPS) is 13.4. The number of methoxy groups -OCH3 is 1. The van der Waals surface area contributed by atoms with Crippen molar-refractivity contribution in [2.24, 2.45) is 0 Å². The fourth-order valence-electron chi connectivity index (χ4n) is 4.00. The lowest BCUT2D eigenvalue weighted by atomic mass is 10.0. The second-order valence-corrected chi connectivity index (χ2v) is 7.54. The molecular weight excluding hydrogens is 442 g/mol. The van der Waals surface area contributed by atoms with Crippen molar-refractivity contribution >= 4 is 34.8 Å². The van der Waals surface area contributed by atoms with Gasteiger partial charge in [-0.25, -0.2) is 0 Å². The number of aromatic carboxylic acids is 1. The van der Waals surface area contributed by atoms with Crippen molar-refractivity contribution in [3.05, 3.63) is 76.8 Å². The fourth-order valence-corrected chi connectivity index (χ4v) is 4.00. The van der Waals surface area contributed by atoms with E-state index in [-0.39, 0.29) is 29.1 Å². The van der Waals surface area contributed by atoms with Crippen LogP contribution < -0.4 is 15.2 Å². The lowest BCUT2D eigenvalue weighted by Gasteiger charge is -2.16. The molecule has 1 aromatic carbocycles. The Balaban J connectivity index is 1.72. The van der Waals surface area contributed by atoms with Crippen LogP contribution >= 0.6 is 0 Å². The van der Waals surface area contributed by atoms with Crippen LogP contribution in [0.4, 0.5) is 5.69 Å². The smallest absolute Gasteiger partial charge is 0.277 e. The summed E-state index contributed by atoms with van der Waals surface area (Å²) in [5.74, 6) is -2.81. The van der Waals surface area contributed by atoms with Gasteiger partial charge in [-0.2, -0.15) is 0 Å². The predicted octanol–water partition coefficient (Wildman–Crippen LogP) is 0.508. The summed E-state index contributed by atoms with van der Waals surface area (Å²) >= 11 is 0. The highest BCUT2D eigenvalue weighted by atomic mass is 16.5. The Morgan fingerprint density at radius 1 is 1.18 bits per heavy atom. The molecule has 0 saturated carbocycles. The topological polar surface area (TPSA) is 140 Å². The number of ketones is 1. The maximum atomic E-state index is 13.4. The summed E-state index contributed by atoms with van der Waals surface area (Å²) in [6, 6.07) is 9.27. The van der Waals surface area contributed by atoms with E-state index in [4.69, 9.17) is 9.84 Å². The Hall–Kier alpha value is -4.44. The number of ether oxygens (including phenoxy) is 1. The van der Waals surface area contributed by atoms with Gasteiger partial charge in [0, 0.05) is 34.7 Å². The number of anilines is 1. The average Bonchev–Trinajstić information content (AvgIpc) is 3.25. The van der Waals surface area contributed by atoms with Crippen LogP contribution in [0.3, 0.4) is 0 Å². The molecule has 10 nitrogen and oxygen atoms in total. The van der Waals surface area contributed by atoms with Gasteiger partial charge in [-0.15, -0.1) is 0 Å². The highest BCUT2D eigenvalue weighted by Gasteiger charge is 2.31. The van der Waals surface area contributed by atoms with Gasteiger partial charge in [-0.1, -0.05) is 6.07 Å². The van der Waals surface area contributed by atoms with Crippen molar-refractivity contribution in [2.75, 3.05) is 25.6 Å². The van der Waals surface area contributed by atoms with Crippen molar-refractivity contribution < 1.29 is 34.1 Å². The van der Waals surface area contributed by atoms with Gasteiger partial charge in [0.25, 0.3) is 11.8 Å². The quantitative estimate of drug-likeness (QED) is 0.364. The van der Waals surface area contributed by atoms with Crippen molar-refractivity contribution in [2.45, 2.75) is 6.92 Å². The number of nitrogens with zero attached hydrogens (tertiary/aromatic N) is 2. The van der Waals surface area contributed by atoms with Crippen LogP contribution in [0.15, 0.2) is 54.4 Å². The molecule has 34 heavy (non-hydrogen) atoms. The van der Waals surface area contributed by atoms with Crippen LogP contribution in [0.2, 0.25) is 0 Å². The first-order chi connectivity index (χ1) is 16.3. The third-order valence-corrected chi connectivity index (χ3v) is 5.55. The van der Waals surface area contributed by atoms with E-state index in [9.17, 15) is 24.3 Å². The fraction of sp³-hybridized carbons (Fsp3) is 0.167. The summed E-state index contributed by atoms with van der Waals surface area (Å²) in [5, 5.41) is 23.5. The standard InChI is InChI=1S/C24H21N3O7/c1-13-20(26-8-4-3-5-18(26)22(13)34-2)21(30)14-6-7-16(15(11-14)24(32)33)25-17-12-19(29)27(9-10-28)23(17)31/h3-8,11-12,25,28H,9-10H2,1-2H3,(H,32,33)/p-1. The zero-order valence-corrected chi connectivity index (χ0v) is 18.3. The number of β-amino-alcohol motifs (C(OH)–C–C–N with tert-alkyl or cyclic N) is 1. The predicted molar refractivity (Wildman–Crippen MR) is 118 cm³/mol. The van der Waals surface area contributed by atoms with Gasteiger partial charge in [0.2, 0.25) is 5.78 Å². The number of imide groups is 1. The molecule has 0 unspecified atom stereocenters. The molecule has 4 rings (SSSR count). The number of aromatic nitrogens is 1. The van der Waals surface area contributed by atoms with Crippen LogP contribution in [-0.4, -0.2) is 58.2 Å². The van der Waals surface area contributed by atoms with E-state index < -0.39 is 30.2 Å². The highest BCUT2D eigenvalue weighted by Crippen LogP contribution is 2.32. The second-order valence-electron chi connectivity index (χ2n) is 7.54. The van der Waals surface area contributed by atoms with Crippen LogP contribution in [-0.2, 0) is 9.59 Å². The van der Waals surface area contributed by atoms with Crippen LogP contribution in [0.1, 0.15) is 32.0 Å². The molecule has 3 heterocycles. The van der Waals surface area contributed by atoms with Crippen molar-refractivity contribution in [1.29, 1.82) is 0 Å².